The number of nitrogens with one attached hydrogen (secondary N) is 1. The first kappa shape index (κ1) is 18.1. The maximum absolute atomic E-state index is 5.92. The van der Waals surface area contributed by atoms with Crippen LogP contribution in [-0.4, -0.2) is 48.3 Å². The van der Waals surface area contributed by atoms with Gasteiger partial charge in [0, 0.05) is 38.4 Å². The third-order valence-electron chi connectivity index (χ3n) is 4.79. The minimum atomic E-state index is 0. The third-order valence-corrected chi connectivity index (χ3v) is 4.79. The van der Waals surface area contributed by atoms with Gasteiger partial charge in [0.05, 0.1) is 18.9 Å². The first-order valence-electron chi connectivity index (χ1n) is 8.53. The molecule has 1 aromatic carbocycles. The minimum Gasteiger partial charge on any atom is -0.455 e. The van der Waals surface area contributed by atoms with Gasteiger partial charge in [0.1, 0.15) is 11.5 Å². The van der Waals surface area contributed by atoms with Crippen LogP contribution < -0.4 is 10.1 Å². The van der Waals surface area contributed by atoms with Crippen LogP contribution in [0.2, 0.25) is 0 Å². The minimum absolute atomic E-state index is 0. The molecule has 0 radical (unpaired) electrons. The Kier molecular flexibility index (Phi) is 5.91. The van der Waals surface area contributed by atoms with Gasteiger partial charge >= 0.3 is 0 Å². The van der Waals surface area contributed by atoms with Gasteiger partial charge in [0.25, 0.3) is 0 Å². The molecule has 2 aliphatic rings. The molecule has 134 valence electrons. The zero-order valence-corrected chi connectivity index (χ0v) is 15.2. The number of benzene rings is 1. The summed E-state index contributed by atoms with van der Waals surface area (Å²) in [7, 11) is 0. The van der Waals surface area contributed by atoms with E-state index in [0.29, 0.717) is 12.1 Å². The number of ether oxygens (including phenoxy) is 2. The lowest BCUT2D eigenvalue weighted by atomic mass is 10.1. The van der Waals surface area contributed by atoms with Crippen LogP contribution in [0.3, 0.4) is 0 Å². The highest BCUT2D eigenvalue weighted by Gasteiger charge is 2.35. The Labute approximate surface area is 154 Å². The van der Waals surface area contributed by atoms with Gasteiger partial charge in [-0.1, -0.05) is 12.1 Å². The predicted octanol–water partition coefficient (Wildman–Crippen LogP) is 2.78. The monoisotopic (exact) mass is 361 g/mol. The molecule has 6 heteroatoms. The van der Waals surface area contributed by atoms with E-state index in [-0.39, 0.29) is 12.4 Å². The first-order valence-corrected chi connectivity index (χ1v) is 8.53. The quantitative estimate of drug-likeness (QED) is 0.907. The smallest absolute Gasteiger partial charge is 0.145 e. The molecule has 0 spiro atoms. The third kappa shape index (κ3) is 4.12. The van der Waals surface area contributed by atoms with E-state index in [9.17, 15) is 0 Å². The fraction of sp³-hybridized carbons (Fsp3) is 0.421. The number of morpholine rings is 1. The van der Waals surface area contributed by atoms with Crippen LogP contribution in [0.4, 0.5) is 0 Å². The molecule has 1 N–H and O–H groups in total. The van der Waals surface area contributed by atoms with Gasteiger partial charge in [-0.3, -0.25) is 9.88 Å². The van der Waals surface area contributed by atoms with Crippen molar-refractivity contribution in [2.24, 2.45) is 0 Å². The molecule has 2 atom stereocenters. The van der Waals surface area contributed by atoms with Gasteiger partial charge in [0.15, 0.2) is 0 Å². The Morgan fingerprint density at radius 2 is 2.24 bits per heavy atom. The van der Waals surface area contributed by atoms with Crippen LogP contribution in [0.25, 0.3) is 0 Å². The van der Waals surface area contributed by atoms with Crippen LogP contribution in [0.5, 0.6) is 11.5 Å². The molecule has 4 rings (SSSR count). The maximum Gasteiger partial charge on any atom is 0.145 e. The average molecular weight is 362 g/mol. The summed E-state index contributed by atoms with van der Waals surface area (Å²) >= 11 is 0. The fourth-order valence-electron chi connectivity index (χ4n) is 3.55. The Hall–Kier alpha value is -1.66. The molecule has 1 aromatic heterocycles. The van der Waals surface area contributed by atoms with E-state index in [0.717, 1.165) is 49.8 Å². The van der Waals surface area contributed by atoms with Crippen LogP contribution in [0.15, 0.2) is 42.7 Å². The molecule has 0 amide bonds. The number of hydrogen-bond donors (Lipinski definition) is 1. The second kappa shape index (κ2) is 8.15. The fourth-order valence-corrected chi connectivity index (χ4v) is 3.55. The first-order chi connectivity index (χ1) is 11.8. The summed E-state index contributed by atoms with van der Waals surface area (Å²) < 4.78 is 11.8. The van der Waals surface area contributed by atoms with Crippen LogP contribution >= 0.6 is 12.4 Å². The lowest BCUT2D eigenvalue weighted by Gasteiger charge is -2.37. The van der Waals surface area contributed by atoms with Crippen molar-refractivity contribution >= 4 is 12.4 Å². The molecule has 5 nitrogen and oxygen atoms in total. The van der Waals surface area contributed by atoms with Gasteiger partial charge in [-0.15, -0.1) is 12.4 Å². The highest BCUT2D eigenvalue weighted by molar-refractivity contribution is 5.85. The molecular weight excluding hydrogens is 338 g/mol. The van der Waals surface area contributed by atoms with E-state index >= 15 is 0 Å². The predicted molar refractivity (Wildman–Crippen MR) is 99.5 cm³/mol. The second-order valence-corrected chi connectivity index (χ2v) is 6.50. The Morgan fingerprint density at radius 3 is 3.04 bits per heavy atom. The van der Waals surface area contributed by atoms with Crippen LogP contribution in [0.1, 0.15) is 11.1 Å². The standard InChI is InChI=1S/C19H23N3O2.ClH/c1-14-9-15(4-5-18(14)24-16-3-2-6-20-10-16)13-22-7-8-23-19-12-21-11-17(19)22;/h2-6,9-10,17,19,21H,7-8,11-13H2,1H3;1H/t17-,19+;/m1./s1. The van der Waals surface area contributed by atoms with E-state index in [1.54, 1.807) is 12.4 Å². The molecule has 0 bridgehead atoms. The van der Waals surface area contributed by atoms with Crippen molar-refractivity contribution in [1.29, 1.82) is 0 Å². The number of nitrogens with zero attached hydrogens (tertiary/aromatic N) is 2. The number of rotatable bonds is 4. The molecule has 0 aliphatic carbocycles. The van der Waals surface area contributed by atoms with E-state index in [4.69, 9.17) is 9.47 Å². The number of aryl methyl sites for hydroxylation is 1. The molecule has 3 heterocycles. The Balaban J connectivity index is 0.00000182. The summed E-state index contributed by atoms with van der Waals surface area (Å²) in [6.45, 7) is 6.86. The zero-order chi connectivity index (χ0) is 16.4. The summed E-state index contributed by atoms with van der Waals surface area (Å²) in [5, 5.41) is 3.44. The summed E-state index contributed by atoms with van der Waals surface area (Å²) in [4.78, 5) is 6.62. The lowest BCUT2D eigenvalue weighted by Crippen LogP contribution is -2.50. The van der Waals surface area contributed by atoms with Gasteiger partial charge in [-0.05, 0) is 36.2 Å². The number of fused-ring (bicyclic) bond motifs is 1. The SMILES string of the molecule is Cc1cc(CN2CCO[C@H]3CNC[C@H]32)ccc1Oc1cccnc1.Cl. The summed E-state index contributed by atoms with van der Waals surface area (Å²) in [5.74, 6) is 1.65. The summed E-state index contributed by atoms with van der Waals surface area (Å²) in [6, 6.07) is 10.7. The van der Waals surface area contributed by atoms with Crippen LogP contribution in [-0.2, 0) is 11.3 Å². The normalized spacial score (nSPS) is 22.9. The van der Waals surface area contributed by atoms with Gasteiger partial charge in [-0.25, -0.2) is 0 Å². The maximum atomic E-state index is 5.92. The highest BCUT2D eigenvalue weighted by atomic mass is 35.5. The lowest BCUT2D eigenvalue weighted by molar-refractivity contribution is -0.0500. The molecule has 2 aliphatic heterocycles. The van der Waals surface area contributed by atoms with Gasteiger partial charge in [-0.2, -0.15) is 0 Å². The summed E-state index contributed by atoms with van der Waals surface area (Å²) in [5.41, 5.74) is 2.46. The van der Waals surface area contributed by atoms with Gasteiger partial charge < -0.3 is 14.8 Å². The largest absolute Gasteiger partial charge is 0.455 e. The van der Waals surface area contributed by atoms with E-state index < -0.39 is 0 Å². The molecule has 2 saturated heterocycles. The van der Waals surface area contributed by atoms with Crippen molar-refractivity contribution in [3.8, 4) is 11.5 Å². The Morgan fingerprint density at radius 1 is 1.32 bits per heavy atom. The van der Waals surface area contributed by atoms with Gasteiger partial charge in [0.2, 0.25) is 0 Å². The molecular formula is C19H24ClN3O2. The average Bonchev–Trinajstić information content (AvgIpc) is 3.08. The number of hydrogen-bond acceptors (Lipinski definition) is 5. The number of pyridine rings is 1. The molecule has 2 fully saturated rings. The topological polar surface area (TPSA) is 46.6 Å². The van der Waals surface area contributed by atoms with Crippen molar-refractivity contribution in [3.05, 3.63) is 53.9 Å². The molecule has 0 unspecified atom stereocenters. The van der Waals surface area contributed by atoms with Crippen molar-refractivity contribution in [2.45, 2.75) is 25.6 Å². The Bertz CT molecular complexity index is 698. The molecule has 2 aromatic rings. The zero-order valence-electron chi connectivity index (χ0n) is 14.4. The van der Waals surface area contributed by atoms with Crippen molar-refractivity contribution in [2.75, 3.05) is 26.2 Å². The number of halogens is 1. The highest BCUT2D eigenvalue weighted by Crippen LogP contribution is 2.27. The van der Waals surface area contributed by atoms with Crippen molar-refractivity contribution in [3.63, 3.8) is 0 Å². The van der Waals surface area contributed by atoms with E-state index in [2.05, 4.69) is 40.3 Å². The molecule has 0 saturated carbocycles. The van der Waals surface area contributed by atoms with Crippen molar-refractivity contribution < 1.29 is 9.47 Å². The molecule has 25 heavy (non-hydrogen) atoms. The van der Waals surface area contributed by atoms with Crippen LogP contribution in [0, 0.1) is 6.92 Å². The van der Waals surface area contributed by atoms with E-state index in [1.165, 1.54) is 5.56 Å². The van der Waals surface area contributed by atoms with Crippen molar-refractivity contribution in [1.82, 2.24) is 15.2 Å². The van der Waals surface area contributed by atoms with E-state index in [1.807, 2.05) is 12.1 Å². The summed E-state index contributed by atoms with van der Waals surface area (Å²) in [6.07, 6.45) is 3.82. The second-order valence-electron chi connectivity index (χ2n) is 6.50. The number of aromatic nitrogens is 1.